The molecular weight excluding hydrogens is 250 g/mol. The first-order chi connectivity index (χ1) is 9.74. The Morgan fingerprint density at radius 3 is 2.85 bits per heavy atom. The number of ketones is 1. The molecule has 1 aliphatic heterocycles. The lowest BCUT2D eigenvalue weighted by Crippen LogP contribution is -2.31. The fourth-order valence-electron chi connectivity index (χ4n) is 2.95. The Morgan fingerprint density at radius 1 is 1.30 bits per heavy atom. The largest absolute Gasteiger partial charge is 0.496 e. The van der Waals surface area contributed by atoms with Crippen LogP contribution in [0, 0.1) is 5.92 Å². The van der Waals surface area contributed by atoms with Gasteiger partial charge in [0.2, 0.25) is 0 Å². The fourth-order valence-corrected chi connectivity index (χ4v) is 2.95. The summed E-state index contributed by atoms with van der Waals surface area (Å²) in [6.45, 7) is 4.86. The molecule has 1 aromatic rings. The van der Waals surface area contributed by atoms with E-state index in [0.29, 0.717) is 17.9 Å². The number of carbonyl (C=O) groups excluding carboxylic acids is 1. The Kier molecular flexibility index (Phi) is 5.60. The number of carbonyl (C=O) groups is 1. The van der Waals surface area contributed by atoms with Crippen molar-refractivity contribution >= 4 is 5.78 Å². The molecule has 20 heavy (non-hydrogen) atoms. The average Bonchev–Trinajstić information content (AvgIpc) is 2.72. The normalized spacial score (nSPS) is 20.4. The summed E-state index contributed by atoms with van der Waals surface area (Å²) in [5.41, 5.74) is 0.700. The summed E-state index contributed by atoms with van der Waals surface area (Å²) in [5.74, 6) is 1.68. The van der Waals surface area contributed by atoms with Crippen LogP contribution in [0.25, 0.3) is 0 Å². The zero-order valence-corrected chi connectivity index (χ0v) is 12.6. The highest BCUT2D eigenvalue weighted by Gasteiger charge is 2.19. The van der Waals surface area contributed by atoms with Gasteiger partial charge in [-0.25, -0.2) is 0 Å². The van der Waals surface area contributed by atoms with E-state index in [2.05, 4.69) is 11.8 Å². The second-order valence-electron chi connectivity index (χ2n) is 5.60. The number of likely N-dealkylation sites (tertiary alicyclic amines) is 1. The average molecular weight is 275 g/mol. The summed E-state index contributed by atoms with van der Waals surface area (Å²) in [6.07, 6.45) is 4.98. The van der Waals surface area contributed by atoms with Gasteiger partial charge in [0.15, 0.2) is 5.78 Å². The number of Topliss-reactive ketones (excluding diaryl/α,β-unsaturated/α-hetero) is 1. The van der Waals surface area contributed by atoms with E-state index in [1.54, 1.807) is 7.11 Å². The highest BCUT2D eigenvalue weighted by Crippen LogP contribution is 2.22. The molecule has 1 heterocycles. The van der Waals surface area contributed by atoms with Gasteiger partial charge in [0.1, 0.15) is 5.75 Å². The maximum atomic E-state index is 12.4. The lowest BCUT2D eigenvalue weighted by Gasteiger charge is -2.19. The summed E-state index contributed by atoms with van der Waals surface area (Å²) < 4.78 is 5.28. The van der Waals surface area contributed by atoms with Crippen molar-refractivity contribution in [3.8, 4) is 5.75 Å². The van der Waals surface area contributed by atoms with Crippen molar-refractivity contribution in [1.29, 1.82) is 0 Å². The molecule has 0 aromatic heterocycles. The van der Waals surface area contributed by atoms with Gasteiger partial charge >= 0.3 is 0 Å². The molecule has 3 nitrogen and oxygen atoms in total. The van der Waals surface area contributed by atoms with Crippen LogP contribution in [0.1, 0.15) is 43.0 Å². The second kappa shape index (κ2) is 7.44. The van der Waals surface area contributed by atoms with Gasteiger partial charge in [-0.05, 0) is 50.4 Å². The van der Waals surface area contributed by atoms with Crippen molar-refractivity contribution in [1.82, 2.24) is 4.90 Å². The minimum atomic E-state index is 0.164. The van der Waals surface area contributed by atoms with Gasteiger partial charge in [0.05, 0.1) is 19.2 Å². The van der Waals surface area contributed by atoms with Gasteiger partial charge in [0, 0.05) is 0 Å². The molecule has 0 spiro atoms. The highest BCUT2D eigenvalue weighted by molar-refractivity contribution is 6.00. The van der Waals surface area contributed by atoms with Crippen molar-refractivity contribution in [3.63, 3.8) is 0 Å². The van der Waals surface area contributed by atoms with E-state index >= 15 is 0 Å². The Labute approximate surface area is 121 Å². The summed E-state index contributed by atoms with van der Waals surface area (Å²) in [5, 5.41) is 0. The van der Waals surface area contributed by atoms with Gasteiger partial charge in [-0.1, -0.05) is 25.5 Å². The molecule has 3 heteroatoms. The lowest BCUT2D eigenvalue weighted by molar-refractivity contribution is 0.0929. The molecule has 1 saturated heterocycles. The number of para-hydroxylation sites is 1. The first-order valence-corrected chi connectivity index (χ1v) is 7.63. The van der Waals surface area contributed by atoms with Crippen LogP contribution >= 0.6 is 0 Å². The maximum absolute atomic E-state index is 12.4. The number of hydrogen-bond donors (Lipinski definition) is 0. The molecule has 0 bridgehead atoms. The molecule has 110 valence electrons. The van der Waals surface area contributed by atoms with Crippen LogP contribution in [0.4, 0.5) is 0 Å². The lowest BCUT2D eigenvalue weighted by atomic mass is 9.98. The standard InChI is InChI=1S/C17H25NO2/c1-3-14-7-6-11-18(12-10-14)13-16(19)15-8-4-5-9-17(15)20-2/h4-5,8-9,14H,3,6-7,10-13H2,1-2H3. The number of nitrogens with zero attached hydrogens (tertiary/aromatic N) is 1. The number of rotatable bonds is 5. The molecule has 0 aliphatic carbocycles. The number of benzene rings is 1. The van der Waals surface area contributed by atoms with E-state index in [0.717, 1.165) is 19.0 Å². The van der Waals surface area contributed by atoms with Crippen LogP contribution in [-0.2, 0) is 0 Å². The van der Waals surface area contributed by atoms with E-state index in [1.165, 1.54) is 25.7 Å². The zero-order valence-electron chi connectivity index (χ0n) is 12.6. The van der Waals surface area contributed by atoms with Crippen molar-refractivity contribution in [2.45, 2.75) is 32.6 Å². The predicted octanol–water partition coefficient (Wildman–Crippen LogP) is 3.39. The van der Waals surface area contributed by atoms with Crippen LogP contribution in [0.5, 0.6) is 5.75 Å². The van der Waals surface area contributed by atoms with Crippen LogP contribution in [0.3, 0.4) is 0 Å². The molecule has 1 unspecified atom stereocenters. The van der Waals surface area contributed by atoms with Crippen molar-refractivity contribution in [2.24, 2.45) is 5.92 Å². The van der Waals surface area contributed by atoms with Crippen LogP contribution in [-0.4, -0.2) is 37.4 Å². The van der Waals surface area contributed by atoms with E-state index in [9.17, 15) is 4.79 Å². The van der Waals surface area contributed by atoms with Crippen molar-refractivity contribution in [3.05, 3.63) is 29.8 Å². The van der Waals surface area contributed by atoms with E-state index in [4.69, 9.17) is 4.74 Å². The van der Waals surface area contributed by atoms with Gasteiger partial charge in [-0.3, -0.25) is 9.69 Å². The molecule has 1 aromatic carbocycles. The smallest absolute Gasteiger partial charge is 0.180 e. The van der Waals surface area contributed by atoms with Crippen molar-refractivity contribution in [2.75, 3.05) is 26.7 Å². The van der Waals surface area contributed by atoms with Gasteiger partial charge in [0.25, 0.3) is 0 Å². The molecule has 0 amide bonds. The molecule has 2 rings (SSSR count). The minimum Gasteiger partial charge on any atom is -0.496 e. The van der Waals surface area contributed by atoms with Crippen LogP contribution < -0.4 is 4.74 Å². The summed E-state index contributed by atoms with van der Waals surface area (Å²) in [6, 6.07) is 7.50. The molecule has 0 N–H and O–H groups in total. The van der Waals surface area contributed by atoms with E-state index in [-0.39, 0.29) is 5.78 Å². The Balaban J connectivity index is 1.97. The van der Waals surface area contributed by atoms with Crippen LogP contribution in [0.15, 0.2) is 24.3 Å². The summed E-state index contributed by atoms with van der Waals surface area (Å²) in [7, 11) is 1.61. The minimum absolute atomic E-state index is 0.164. The SMILES string of the molecule is CCC1CCCN(CC(=O)c2ccccc2OC)CC1. The highest BCUT2D eigenvalue weighted by atomic mass is 16.5. The van der Waals surface area contributed by atoms with Crippen molar-refractivity contribution < 1.29 is 9.53 Å². The van der Waals surface area contributed by atoms with E-state index < -0.39 is 0 Å². The maximum Gasteiger partial charge on any atom is 0.180 e. The van der Waals surface area contributed by atoms with E-state index in [1.807, 2.05) is 24.3 Å². The molecule has 1 atom stereocenters. The molecule has 0 saturated carbocycles. The molecule has 1 aliphatic rings. The topological polar surface area (TPSA) is 29.5 Å². The van der Waals surface area contributed by atoms with Gasteiger partial charge in [-0.2, -0.15) is 0 Å². The third kappa shape index (κ3) is 3.83. The summed E-state index contributed by atoms with van der Waals surface area (Å²) >= 11 is 0. The number of ether oxygens (including phenoxy) is 1. The monoisotopic (exact) mass is 275 g/mol. The van der Waals surface area contributed by atoms with Crippen LogP contribution in [0.2, 0.25) is 0 Å². The first-order valence-electron chi connectivity index (χ1n) is 7.63. The first kappa shape index (κ1) is 15.0. The Morgan fingerprint density at radius 2 is 2.10 bits per heavy atom. The Hall–Kier alpha value is -1.35. The third-order valence-electron chi connectivity index (χ3n) is 4.29. The molecule has 0 radical (unpaired) electrons. The predicted molar refractivity (Wildman–Crippen MR) is 81.4 cm³/mol. The molecular formula is C17H25NO2. The number of methoxy groups -OCH3 is 1. The van der Waals surface area contributed by atoms with Gasteiger partial charge < -0.3 is 4.74 Å². The Bertz CT molecular complexity index is 444. The molecule has 1 fully saturated rings. The second-order valence-corrected chi connectivity index (χ2v) is 5.60. The fraction of sp³-hybridized carbons (Fsp3) is 0.588. The zero-order chi connectivity index (χ0) is 14.4. The summed E-state index contributed by atoms with van der Waals surface area (Å²) in [4.78, 5) is 14.7. The third-order valence-corrected chi connectivity index (χ3v) is 4.29. The quantitative estimate of drug-likeness (QED) is 0.771. The van der Waals surface area contributed by atoms with Gasteiger partial charge in [-0.15, -0.1) is 0 Å². The number of hydrogen-bond acceptors (Lipinski definition) is 3.